The second-order valence-corrected chi connectivity index (χ2v) is 6.98. The van der Waals surface area contributed by atoms with Crippen LogP contribution in [0.3, 0.4) is 0 Å². The van der Waals surface area contributed by atoms with Crippen molar-refractivity contribution in [2.45, 2.75) is 6.92 Å². The Morgan fingerprint density at radius 1 is 0.824 bits per heavy atom. The van der Waals surface area contributed by atoms with Gasteiger partial charge in [0.2, 0.25) is 0 Å². The molecule has 0 aliphatic carbocycles. The van der Waals surface area contributed by atoms with Crippen LogP contribution in [0.15, 0.2) is 116 Å². The number of rotatable bonds is 5. The third kappa shape index (κ3) is 14.1. The molecule has 0 unspecified atom stereocenters. The fraction of sp³-hybridized carbons (Fsp3) is 0.0769. The normalized spacial score (nSPS) is 8.76. The van der Waals surface area contributed by atoms with Gasteiger partial charge in [-0.1, -0.05) is 54.6 Å². The Kier molecular flexibility index (Phi) is 15.2. The molecule has 0 saturated carbocycles. The molecule has 0 radical (unpaired) electrons. The molecule has 0 atom stereocenters. The molecule has 3 aromatic carbocycles. The second kappa shape index (κ2) is 18.5. The average Bonchev–Trinajstić information content (AvgIpc) is 2.87. The first-order valence-electron chi connectivity index (χ1n) is 10.3. The lowest BCUT2D eigenvalue weighted by Crippen LogP contribution is -1.87. The smallest absolute Gasteiger partial charge is 0.399 e. The quantitative estimate of drug-likeness (QED) is 0.206. The van der Waals surface area contributed by atoms with Gasteiger partial charge in [-0.25, -0.2) is 9.05 Å². The van der Waals surface area contributed by atoms with Gasteiger partial charge in [0.15, 0.2) is 17.8 Å². The SMILES string of the molecule is CCO.Nc1ccccc1.O=Cc1cccnc1.O=[P+](Oc1ccccc1)Oc1ccccc1. The van der Waals surface area contributed by atoms with Crippen LogP contribution < -0.4 is 14.8 Å². The first-order chi connectivity index (χ1) is 16.6. The van der Waals surface area contributed by atoms with E-state index in [1.54, 1.807) is 73.8 Å². The minimum absolute atomic E-state index is 0.250. The van der Waals surface area contributed by atoms with E-state index in [1.807, 2.05) is 42.5 Å². The summed E-state index contributed by atoms with van der Waals surface area (Å²) in [5.41, 5.74) is 6.80. The Morgan fingerprint density at radius 3 is 1.56 bits per heavy atom. The molecule has 0 spiro atoms. The minimum Gasteiger partial charge on any atom is -0.399 e. The monoisotopic (exact) mass is 479 g/mol. The number of hydrogen-bond acceptors (Lipinski definition) is 7. The first-order valence-corrected chi connectivity index (χ1v) is 11.4. The number of aromatic nitrogens is 1. The van der Waals surface area contributed by atoms with Gasteiger partial charge in [0.05, 0.1) is 0 Å². The number of benzene rings is 3. The van der Waals surface area contributed by atoms with Gasteiger partial charge in [-0.05, 0) is 55.5 Å². The van der Waals surface area contributed by atoms with E-state index in [0.29, 0.717) is 17.1 Å². The minimum atomic E-state index is -2.18. The molecule has 4 rings (SSSR count). The van der Waals surface area contributed by atoms with E-state index in [1.165, 1.54) is 6.20 Å². The van der Waals surface area contributed by atoms with Crippen LogP contribution in [0.25, 0.3) is 0 Å². The number of aliphatic hydroxyl groups excluding tert-OH is 1. The van der Waals surface area contributed by atoms with Crippen LogP contribution in [0.1, 0.15) is 17.3 Å². The van der Waals surface area contributed by atoms with Crippen molar-refractivity contribution in [1.82, 2.24) is 4.98 Å². The fourth-order valence-electron chi connectivity index (χ4n) is 2.05. The maximum absolute atomic E-state index is 11.5. The van der Waals surface area contributed by atoms with Gasteiger partial charge < -0.3 is 10.8 Å². The number of nitrogens with zero attached hydrogens (tertiary/aromatic N) is 1. The molecule has 7 nitrogen and oxygen atoms in total. The predicted molar refractivity (Wildman–Crippen MR) is 135 cm³/mol. The second-order valence-electron chi connectivity index (χ2n) is 6.16. The molecule has 0 amide bonds. The Labute approximate surface area is 200 Å². The van der Waals surface area contributed by atoms with Gasteiger partial charge in [0.1, 0.15) is 0 Å². The zero-order valence-electron chi connectivity index (χ0n) is 18.8. The molecule has 0 aliphatic rings. The lowest BCUT2D eigenvalue weighted by molar-refractivity contribution is 0.112. The molecule has 0 saturated heterocycles. The van der Waals surface area contributed by atoms with E-state index in [0.717, 1.165) is 12.0 Å². The predicted octanol–water partition coefficient (Wildman–Crippen LogP) is 5.96. The van der Waals surface area contributed by atoms with Crippen molar-refractivity contribution in [3.05, 3.63) is 121 Å². The van der Waals surface area contributed by atoms with E-state index < -0.39 is 8.25 Å². The lowest BCUT2D eigenvalue weighted by Gasteiger charge is -1.92. The van der Waals surface area contributed by atoms with Crippen molar-refractivity contribution in [3.8, 4) is 11.5 Å². The molecular formula is C26H28N2O5P+. The van der Waals surface area contributed by atoms with E-state index in [2.05, 4.69) is 4.98 Å². The molecule has 34 heavy (non-hydrogen) atoms. The van der Waals surface area contributed by atoms with Crippen molar-refractivity contribution in [2.75, 3.05) is 12.3 Å². The van der Waals surface area contributed by atoms with Crippen LogP contribution in [0, 0.1) is 0 Å². The first kappa shape index (κ1) is 28.0. The average molecular weight is 479 g/mol. The Morgan fingerprint density at radius 2 is 1.26 bits per heavy atom. The number of nitrogen functional groups attached to an aromatic ring is 1. The van der Waals surface area contributed by atoms with Crippen LogP contribution >= 0.6 is 8.25 Å². The Balaban J connectivity index is 0.000000268. The molecule has 4 aromatic rings. The highest BCUT2D eigenvalue weighted by atomic mass is 31.1. The highest BCUT2D eigenvalue weighted by Crippen LogP contribution is 2.29. The number of hydrogen-bond donors (Lipinski definition) is 2. The lowest BCUT2D eigenvalue weighted by atomic mass is 10.3. The summed E-state index contributed by atoms with van der Waals surface area (Å²) in [4.78, 5) is 13.7. The maximum Gasteiger partial charge on any atom is 0.805 e. The largest absolute Gasteiger partial charge is 0.805 e. The van der Waals surface area contributed by atoms with E-state index in [4.69, 9.17) is 19.9 Å². The van der Waals surface area contributed by atoms with Gasteiger partial charge in [0.25, 0.3) is 0 Å². The molecule has 8 heteroatoms. The number of aliphatic hydroxyl groups is 1. The summed E-state index contributed by atoms with van der Waals surface area (Å²) in [6.07, 6.45) is 3.92. The third-order valence-corrected chi connectivity index (χ3v) is 4.19. The number of para-hydroxylation sites is 3. The van der Waals surface area contributed by atoms with E-state index >= 15 is 0 Å². The van der Waals surface area contributed by atoms with Crippen molar-refractivity contribution in [2.24, 2.45) is 0 Å². The summed E-state index contributed by atoms with van der Waals surface area (Å²) in [6, 6.07) is 30.8. The number of carbonyl (C=O) groups is 1. The van der Waals surface area contributed by atoms with Crippen LogP contribution in [-0.4, -0.2) is 23.0 Å². The van der Waals surface area contributed by atoms with Crippen molar-refractivity contribution < 1.29 is 23.5 Å². The Hall–Kier alpha value is -4.06. The number of aldehydes is 1. The molecule has 1 aromatic heterocycles. The highest BCUT2D eigenvalue weighted by Gasteiger charge is 2.23. The summed E-state index contributed by atoms with van der Waals surface area (Å²) < 4.78 is 21.7. The number of pyridine rings is 1. The third-order valence-electron chi connectivity index (χ3n) is 3.47. The molecular weight excluding hydrogens is 451 g/mol. The molecule has 0 aliphatic heterocycles. The van der Waals surface area contributed by atoms with Crippen molar-refractivity contribution >= 4 is 20.2 Å². The number of anilines is 1. The van der Waals surface area contributed by atoms with Crippen LogP contribution in [0.2, 0.25) is 0 Å². The number of nitrogens with two attached hydrogens (primary N) is 1. The van der Waals surface area contributed by atoms with Gasteiger partial charge in [0, 0.05) is 34.8 Å². The summed E-state index contributed by atoms with van der Waals surface area (Å²) in [5, 5.41) is 7.57. The van der Waals surface area contributed by atoms with E-state index in [-0.39, 0.29) is 6.61 Å². The summed E-state index contributed by atoms with van der Waals surface area (Å²) in [5.74, 6) is 1.05. The molecule has 0 fully saturated rings. The fourth-order valence-corrected chi connectivity index (χ4v) is 2.68. The number of carbonyl (C=O) groups excluding carboxylic acids is 1. The summed E-state index contributed by atoms with van der Waals surface area (Å²) in [6.45, 7) is 1.93. The molecule has 3 N–H and O–H groups in total. The molecule has 0 bridgehead atoms. The summed E-state index contributed by atoms with van der Waals surface area (Å²) >= 11 is 0. The summed E-state index contributed by atoms with van der Waals surface area (Å²) in [7, 11) is -2.18. The van der Waals surface area contributed by atoms with E-state index in [9.17, 15) is 9.36 Å². The van der Waals surface area contributed by atoms with Crippen molar-refractivity contribution in [1.29, 1.82) is 0 Å². The van der Waals surface area contributed by atoms with Crippen LogP contribution in [-0.2, 0) is 4.57 Å². The van der Waals surface area contributed by atoms with Gasteiger partial charge in [-0.15, -0.1) is 0 Å². The topological polar surface area (TPSA) is 112 Å². The maximum atomic E-state index is 11.5. The highest BCUT2D eigenvalue weighted by molar-refractivity contribution is 7.34. The van der Waals surface area contributed by atoms with Crippen LogP contribution in [0.4, 0.5) is 5.69 Å². The standard InChI is InChI=1S/C12H10O3P.C6H5NO.C6H7N.C2H6O/c13-16(14-11-7-3-1-4-8-11)15-12-9-5-2-6-10-12;8-5-6-2-1-3-7-4-6;7-6-4-2-1-3-5-6;1-2-3/h1-10H;1-5H;1-5H,7H2;3H,2H2,1H3/q+1;;;. The van der Waals surface area contributed by atoms with Gasteiger partial charge in [-0.3, -0.25) is 9.78 Å². The van der Waals surface area contributed by atoms with Gasteiger partial charge in [-0.2, -0.15) is 0 Å². The van der Waals surface area contributed by atoms with Crippen LogP contribution in [0.5, 0.6) is 11.5 Å². The molecule has 1 heterocycles. The zero-order chi connectivity index (χ0) is 24.9. The zero-order valence-corrected chi connectivity index (χ0v) is 19.7. The Bertz CT molecular complexity index is 994. The van der Waals surface area contributed by atoms with Gasteiger partial charge >= 0.3 is 8.25 Å². The van der Waals surface area contributed by atoms with Crippen molar-refractivity contribution in [3.63, 3.8) is 0 Å². The molecule has 176 valence electrons.